The fourth-order valence-electron chi connectivity index (χ4n) is 15.2. The molecule has 4 saturated heterocycles. The molecular weight excluding hydrogens is 1800 g/mol. The predicted molar refractivity (Wildman–Crippen MR) is 480 cm³/mol. The Hall–Kier alpha value is -7.82. The normalized spacial score (nSPS) is 28.1. The minimum absolute atomic E-state index is 0.00428. The molecule has 6 aliphatic heterocycles. The van der Waals surface area contributed by atoms with Crippen LogP contribution in [0.15, 0.2) is 77.9 Å². The van der Waals surface area contributed by atoms with Gasteiger partial charge in [-0.2, -0.15) is 8.78 Å². The number of esters is 3. The Kier molecular flexibility index (Phi) is 36.8. The summed E-state index contributed by atoms with van der Waals surface area (Å²) in [7, 11) is 17.6. The summed E-state index contributed by atoms with van der Waals surface area (Å²) in [5.74, 6) is -12.5. The second-order valence-electron chi connectivity index (χ2n) is 34.6. The van der Waals surface area contributed by atoms with Gasteiger partial charge in [-0.3, -0.25) is 34.6 Å². The van der Waals surface area contributed by atoms with Crippen molar-refractivity contribution in [2.24, 2.45) is 11.8 Å². The first-order valence-corrected chi connectivity index (χ1v) is 47.0. The van der Waals surface area contributed by atoms with E-state index in [1.54, 1.807) is 122 Å². The van der Waals surface area contributed by atoms with Crippen LogP contribution in [-0.2, 0) is 89.1 Å². The molecule has 16 atom stereocenters. The summed E-state index contributed by atoms with van der Waals surface area (Å²) < 4.78 is 118. The Morgan fingerprint density at radius 2 is 0.984 bits per heavy atom. The van der Waals surface area contributed by atoms with E-state index in [9.17, 15) is 75.7 Å². The molecule has 0 spiro atoms. The van der Waals surface area contributed by atoms with Crippen molar-refractivity contribution in [3.63, 3.8) is 0 Å². The summed E-state index contributed by atoms with van der Waals surface area (Å²) in [5, 5.41) is 29.0. The molecule has 0 saturated carbocycles. The lowest BCUT2D eigenvalue weighted by Crippen LogP contribution is -2.63. The van der Waals surface area contributed by atoms with Gasteiger partial charge in [0.1, 0.15) is 87.2 Å². The number of ketones is 1. The first kappa shape index (κ1) is 106. The second-order valence-corrected chi connectivity index (χ2v) is 41.6. The van der Waals surface area contributed by atoms with Crippen LogP contribution in [0.4, 0.5) is 38.5 Å². The van der Waals surface area contributed by atoms with Gasteiger partial charge in [0.15, 0.2) is 23.1 Å². The molecule has 3 aromatic carbocycles. The highest BCUT2D eigenvalue weighted by Gasteiger charge is 2.66. The molecule has 6 amide bonds. The average molecular weight is 1920 g/mol. The lowest BCUT2D eigenvalue weighted by atomic mass is 9.83. The number of methoxy groups -OCH3 is 4. The number of nitrogens with zero attached hydrogens (tertiary/aromatic N) is 4. The molecule has 128 heavy (non-hydrogen) atoms. The minimum atomic E-state index is -1.89. The van der Waals surface area contributed by atoms with Gasteiger partial charge in [0, 0.05) is 120 Å². The number of ether oxygens (including phenoxy) is 11. The van der Waals surface area contributed by atoms with E-state index >= 15 is 0 Å². The van der Waals surface area contributed by atoms with Crippen LogP contribution in [0.1, 0.15) is 165 Å². The van der Waals surface area contributed by atoms with Crippen LogP contribution in [0.3, 0.4) is 0 Å². The van der Waals surface area contributed by atoms with Crippen molar-refractivity contribution in [1.29, 1.82) is 0 Å². The van der Waals surface area contributed by atoms with Gasteiger partial charge in [0.05, 0.1) is 50.6 Å². The number of benzene rings is 3. The molecule has 6 aliphatic rings. The summed E-state index contributed by atoms with van der Waals surface area (Å²) in [6.45, 7) is 23.0. The molecule has 6 heterocycles. The number of likely N-dealkylation sites (N-methyl/N-ethyl adjacent to an activating group) is 2. The SMILES string of the molecule is COc1cc2cc(c1Cl)N(C)C(=O)C[C@H](OC(=O)[C@H](C)N(C)C(=O)CCSSC(C)(C)CCC(=O)Oc1c(F)c(F)cc(F)c1F)[C@]1(C)O[C@H]1[C@H](C)[C@@H]1C[C@@](O)(NC(=O)O1)[C@H](OC)/C=C/C=C(\C)C2.COc1cc2cc(c1Cl)N(C)C(=O)C[C@H](OC(=O)[C@H](C)N(C)C(=O)CCSSC(C)(C)CCC(C)=O)[C@]1(C)O[C@H]1[C@H](C)[C@@H]1C[C@@](O)(NC(=O)O1)[C@H](OC)/C=C/C=C(\C)C2. The first-order valence-electron chi connectivity index (χ1n) is 41.6. The Balaban J connectivity index is 0.000000320. The van der Waals surface area contributed by atoms with Crippen LogP contribution >= 0.6 is 66.4 Å². The molecule has 0 aromatic heterocycles. The van der Waals surface area contributed by atoms with E-state index in [0.29, 0.717) is 47.9 Å². The molecule has 0 radical (unpaired) electrons. The lowest BCUT2D eigenvalue weighted by Gasteiger charge is -2.42. The van der Waals surface area contributed by atoms with Crippen molar-refractivity contribution in [2.45, 2.75) is 260 Å². The number of anilines is 2. The number of carbonyl (C=O) groups excluding carboxylic acids is 10. The number of halogens is 6. The molecule has 0 unspecified atom stereocenters. The maximum absolute atomic E-state index is 14.3. The van der Waals surface area contributed by atoms with E-state index in [-0.39, 0.29) is 83.2 Å². The quantitative estimate of drug-likeness (QED) is 0.00805. The van der Waals surface area contributed by atoms with Gasteiger partial charge >= 0.3 is 30.1 Å². The highest BCUT2D eigenvalue weighted by molar-refractivity contribution is 8.77. The summed E-state index contributed by atoms with van der Waals surface area (Å²) in [6.07, 6.45) is 2.19. The second kappa shape index (κ2) is 44.6. The van der Waals surface area contributed by atoms with Gasteiger partial charge in [-0.1, -0.05) is 128 Å². The summed E-state index contributed by atoms with van der Waals surface area (Å²) >= 11 is 13.6. The Morgan fingerprint density at radius 1 is 0.609 bits per heavy atom. The number of carbonyl (C=O) groups is 10. The number of Topliss-reactive ketones (excluding diaryl/α,β-unsaturated/α-hetero) is 1. The summed E-state index contributed by atoms with van der Waals surface area (Å²) in [4.78, 5) is 138. The first-order chi connectivity index (χ1) is 59.8. The van der Waals surface area contributed by atoms with Crippen LogP contribution in [0, 0.1) is 35.1 Å². The molecule has 9 rings (SSSR count). The predicted octanol–water partition coefficient (Wildman–Crippen LogP) is 14.4. The Bertz CT molecular complexity index is 4720. The van der Waals surface area contributed by atoms with E-state index in [1.165, 1.54) is 108 Å². The maximum Gasteiger partial charge on any atom is 0.409 e. The molecule has 0 aliphatic carbocycles. The number of rotatable bonds is 27. The minimum Gasteiger partial charge on any atom is -0.495 e. The van der Waals surface area contributed by atoms with Crippen molar-refractivity contribution in [2.75, 3.05) is 77.9 Å². The van der Waals surface area contributed by atoms with E-state index in [4.69, 9.17) is 70.6 Å². The fraction of sp³-hybridized carbons (Fsp3) is 0.596. The summed E-state index contributed by atoms with van der Waals surface area (Å²) in [5.41, 5.74) is -2.22. The molecule has 708 valence electrons. The fourth-order valence-corrected chi connectivity index (χ4v) is 21.0. The molecule has 4 N–H and O–H groups in total. The molecule has 3 aromatic rings. The number of hydrogen-bond acceptors (Lipinski definition) is 27. The zero-order chi connectivity index (χ0) is 95.4. The zero-order valence-corrected chi connectivity index (χ0v) is 80.6. The van der Waals surface area contributed by atoms with Gasteiger partial charge < -0.3 is 86.7 Å². The standard InChI is InChI=1S/C47H58ClF4N3O12S2.C42H60ClN3O11S2/c1-24-12-11-13-33(63-10)47(61)23-32(64-44(60)53-47)25(2)42-46(6,67-42)34(22-36(57)55(8)30-19-27(18-24)20-31(62-9)38(30)48)65-43(59)26(3)54(7)35(56)15-17-68-69-45(4,5)16-14-37(58)66-41-39(51)28(49)21-29(50)40(41)52;1-24-13-12-14-32(54-11)42(52)23-31(55-39(51)44-42)26(3)37-41(7,57-37)33(22-35(49)46(9)29-20-28(19-24)21-30(53-10)36(29)43)56-38(50)27(4)45(8)34(48)16-18-58-59-40(5,6)17-15-25(2)47/h11-13,19-21,25-26,32-34,42,61H,14-18,22-23H2,1-10H3,(H,53,60);12-14,20-21,26-27,31-33,37,52H,15-19,22-23H2,1-11H3,(H,44,51)/b13-11+,24-12+;14-12+,24-13+/t25-,26+,32+,33-,34+,42+,46+,47+;26-,27+,31+,32-,33+,37+,41+,42+/m11/s1. The third kappa shape index (κ3) is 26.8. The van der Waals surface area contributed by atoms with Gasteiger partial charge in [0.25, 0.3) is 0 Å². The number of allylic oxidation sites excluding steroid dienone is 6. The van der Waals surface area contributed by atoms with E-state index < -0.39 is 183 Å². The molecular formula is C89H118Cl2F4N6O23S4. The number of amides is 6. The Labute approximate surface area is 770 Å². The third-order valence-corrected chi connectivity index (χ3v) is 31.2. The Morgan fingerprint density at radius 3 is 1.34 bits per heavy atom. The van der Waals surface area contributed by atoms with Gasteiger partial charge in [-0.25, -0.2) is 28.0 Å². The van der Waals surface area contributed by atoms with Crippen molar-refractivity contribution in [3.8, 4) is 17.2 Å². The highest BCUT2D eigenvalue weighted by atomic mass is 35.5. The van der Waals surface area contributed by atoms with Crippen LogP contribution in [0.25, 0.3) is 0 Å². The maximum atomic E-state index is 14.3. The largest absolute Gasteiger partial charge is 0.495 e. The third-order valence-electron chi connectivity index (χ3n) is 23.7. The molecule has 29 nitrogen and oxygen atoms in total. The number of fused-ring (bicyclic) bond motifs is 10. The highest BCUT2D eigenvalue weighted by Crippen LogP contribution is 2.52. The summed E-state index contributed by atoms with van der Waals surface area (Å²) in [6, 6.07) is 4.93. The topological polar surface area (TPSA) is 356 Å². The van der Waals surface area contributed by atoms with Crippen LogP contribution < -0.4 is 34.6 Å². The van der Waals surface area contributed by atoms with Crippen LogP contribution in [-0.4, -0.2) is 241 Å². The number of hydrogen-bond donors (Lipinski definition) is 4. The lowest BCUT2D eigenvalue weighted by molar-refractivity contribution is -0.162. The number of aliphatic hydroxyl groups is 2. The number of nitrogens with one attached hydrogen (secondary N) is 2. The van der Waals surface area contributed by atoms with Gasteiger partial charge in [0.2, 0.25) is 41.0 Å². The monoisotopic (exact) mass is 1910 g/mol. The van der Waals surface area contributed by atoms with Gasteiger partial charge in [-0.15, -0.1) is 0 Å². The van der Waals surface area contributed by atoms with Crippen molar-refractivity contribution >= 4 is 137 Å². The number of alkyl carbamates (subject to hydrolysis) is 2. The van der Waals surface area contributed by atoms with E-state index in [0.717, 1.165) is 28.7 Å². The smallest absolute Gasteiger partial charge is 0.409 e. The molecule has 39 heteroatoms. The van der Waals surface area contributed by atoms with Crippen LogP contribution in [0.5, 0.6) is 17.2 Å². The number of epoxide rings is 2. The van der Waals surface area contributed by atoms with Gasteiger partial charge in [-0.05, 0) is 137 Å². The molecule has 4 fully saturated rings. The van der Waals surface area contributed by atoms with Crippen molar-refractivity contribution in [3.05, 3.63) is 122 Å². The van der Waals surface area contributed by atoms with Crippen LogP contribution in [0.2, 0.25) is 10.0 Å². The van der Waals surface area contributed by atoms with Crippen molar-refractivity contribution < 1.29 is 128 Å². The average Bonchev–Trinajstić information content (AvgIpc) is 1.58. The van der Waals surface area contributed by atoms with E-state index in [1.807, 2.05) is 26.0 Å². The van der Waals surface area contributed by atoms with E-state index in [2.05, 4.69) is 29.2 Å². The zero-order valence-electron chi connectivity index (χ0n) is 75.8. The van der Waals surface area contributed by atoms with Crippen molar-refractivity contribution in [1.82, 2.24) is 20.4 Å². The molecule has 8 bridgehead atoms.